The molecule has 7 nitrogen and oxygen atoms in total. The molecule has 0 fully saturated rings. The number of aromatic amines is 1. The van der Waals surface area contributed by atoms with Crippen molar-refractivity contribution in [3.8, 4) is 17.2 Å². The van der Waals surface area contributed by atoms with Gasteiger partial charge in [0.25, 0.3) is 5.56 Å². The van der Waals surface area contributed by atoms with E-state index in [2.05, 4.69) is 10.1 Å². The van der Waals surface area contributed by atoms with Crippen LogP contribution < -0.4 is 10.3 Å². The molecule has 1 aromatic heterocycles. The molecule has 0 radical (unpaired) electrons. The van der Waals surface area contributed by atoms with Gasteiger partial charge in [0, 0.05) is 6.04 Å². The Morgan fingerprint density at radius 2 is 2.08 bits per heavy atom. The first-order chi connectivity index (χ1) is 11.3. The van der Waals surface area contributed by atoms with Crippen LogP contribution in [0.5, 0.6) is 17.2 Å². The van der Waals surface area contributed by atoms with Gasteiger partial charge >= 0.3 is 0 Å². The van der Waals surface area contributed by atoms with E-state index in [0.717, 1.165) is 5.04 Å². The summed E-state index contributed by atoms with van der Waals surface area (Å²) in [7, 11) is 1.41. The van der Waals surface area contributed by atoms with Crippen molar-refractivity contribution in [1.82, 2.24) is 9.78 Å². The number of nitrogens with one attached hydrogen (secondary N) is 1. The predicted molar refractivity (Wildman–Crippen MR) is 94.0 cm³/mol. The Hall–Kier alpha value is -2.35. The number of aliphatic imine (C=N–C) groups is 1. The lowest BCUT2D eigenvalue weighted by molar-refractivity contribution is 0.350. The number of phenols is 2. The summed E-state index contributed by atoms with van der Waals surface area (Å²) in [6.07, 6.45) is 0. The number of rotatable bonds is 3. The molecule has 3 N–H and O–H groups in total. The number of hydrogen-bond donors (Lipinski definition) is 3. The van der Waals surface area contributed by atoms with Gasteiger partial charge in [0.15, 0.2) is 17.3 Å². The Kier molecular flexibility index (Phi) is 4.08. The number of benzene rings is 1. The summed E-state index contributed by atoms with van der Waals surface area (Å²) in [6, 6.07) is 3.13. The zero-order chi connectivity index (χ0) is 17.6. The van der Waals surface area contributed by atoms with Crippen molar-refractivity contribution >= 4 is 22.6 Å². The lowest BCUT2D eigenvalue weighted by atomic mass is 10.0. The van der Waals surface area contributed by atoms with Gasteiger partial charge < -0.3 is 14.9 Å². The Bertz CT molecular complexity index is 882. The van der Waals surface area contributed by atoms with E-state index in [1.54, 1.807) is 10.7 Å². The number of fused-ring (bicyclic) bond motifs is 1. The lowest BCUT2D eigenvalue weighted by Crippen LogP contribution is -2.13. The Labute approximate surface area is 143 Å². The fourth-order valence-electron chi connectivity index (χ4n) is 2.74. The predicted octanol–water partition coefficient (Wildman–Crippen LogP) is 3.06. The van der Waals surface area contributed by atoms with Crippen LogP contribution in [0.4, 0.5) is 5.82 Å². The number of thioether (sulfide) groups is 1. The Balaban J connectivity index is 2.21. The van der Waals surface area contributed by atoms with E-state index in [1.165, 1.54) is 24.9 Å². The van der Waals surface area contributed by atoms with Crippen LogP contribution in [0, 0.1) is 0 Å². The maximum Gasteiger partial charge on any atom is 0.271 e. The minimum Gasteiger partial charge on any atom is -0.504 e. The van der Waals surface area contributed by atoms with Crippen LogP contribution >= 0.6 is 11.8 Å². The third kappa shape index (κ3) is 2.56. The van der Waals surface area contributed by atoms with E-state index in [-0.39, 0.29) is 34.1 Å². The number of ether oxygens (including phenoxy) is 1. The second-order valence-corrected chi connectivity index (χ2v) is 7.16. The molecule has 1 aliphatic rings. The largest absolute Gasteiger partial charge is 0.504 e. The molecule has 0 saturated carbocycles. The lowest BCUT2D eigenvalue weighted by Gasteiger charge is -2.22. The maximum atomic E-state index is 12.5. The zero-order valence-corrected chi connectivity index (χ0v) is 14.6. The van der Waals surface area contributed by atoms with Crippen molar-refractivity contribution in [3.63, 3.8) is 0 Å². The number of aromatic nitrogens is 2. The first-order valence-electron chi connectivity index (χ1n) is 7.49. The topological polar surface area (TPSA) is 99.8 Å². The summed E-state index contributed by atoms with van der Waals surface area (Å²) in [5.74, 6) is 0.155. The smallest absolute Gasteiger partial charge is 0.271 e. The highest BCUT2D eigenvalue weighted by Crippen LogP contribution is 2.47. The van der Waals surface area contributed by atoms with Crippen LogP contribution in [0.25, 0.3) is 0 Å². The van der Waals surface area contributed by atoms with E-state index in [9.17, 15) is 15.0 Å². The number of nitrogens with zero attached hydrogens (tertiary/aromatic N) is 2. The molecule has 0 bridgehead atoms. The molecule has 0 aliphatic carbocycles. The maximum absolute atomic E-state index is 12.5. The summed E-state index contributed by atoms with van der Waals surface area (Å²) < 4.78 is 6.85. The second-order valence-electron chi connectivity index (χ2n) is 5.86. The van der Waals surface area contributed by atoms with Crippen LogP contribution in [0.3, 0.4) is 0 Å². The average molecular weight is 349 g/mol. The minimum absolute atomic E-state index is 0.0597. The third-order valence-electron chi connectivity index (χ3n) is 3.87. The third-order valence-corrected chi connectivity index (χ3v) is 5.04. The molecule has 0 saturated heterocycles. The summed E-state index contributed by atoms with van der Waals surface area (Å²) >= 11 is 1.42. The Morgan fingerprint density at radius 3 is 2.71 bits per heavy atom. The highest BCUT2D eigenvalue weighted by atomic mass is 32.2. The van der Waals surface area contributed by atoms with Crippen LogP contribution in [0.15, 0.2) is 21.9 Å². The fourth-order valence-corrected chi connectivity index (χ4v) is 3.82. The molecule has 128 valence electrons. The number of aromatic hydroxyl groups is 2. The van der Waals surface area contributed by atoms with Crippen LogP contribution in [-0.2, 0) is 0 Å². The van der Waals surface area contributed by atoms with Crippen LogP contribution in [0.2, 0.25) is 0 Å². The van der Waals surface area contributed by atoms with Gasteiger partial charge in [-0.05, 0) is 38.5 Å². The van der Waals surface area contributed by atoms with Crippen molar-refractivity contribution in [1.29, 1.82) is 0 Å². The normalized spacial score (nSPS) is 16.9. The molecule has 2 aromatic rings. The van der Waals surface area contributed by atoms with Gasteiger partial charge in [-0.25, -0.2) is 4.99 Å². The molecular formula is C16H19N3O4S. The molecule has 2 heterocycles. The van der Waals surface area contributed by atoms with Crippen molar-refractivity contribution in [2.24, 2.45) is 4.99 Å². The van der Waals surface area contributed by atoms with Crippen molar-refractivity contribution in [2.45, 2.75) is 32.1 Å². The number of methoxy groups -OCH3 is 1. The molecule has 8 heteroatoms. The number of phenolic OH excluding ortho intramolecular Hbond substituents is 2. The standard InChI is InChI=1S/C16H19N3O4S/c1-7(2)19-15-12(16(22)18-19)14(24-8(3)17-15)9-5-10(20)13(21)11(6-9)23-4/h5-7,14,20-21H,1-4H3,(H,18,22). The quantitative estimate of drug-likeness (QED) is 0.740. The average Bonchev–Trinajstić information content (AvgIpc) is 2.86. The van der Waals surface area contributed by atoms with Crippen molar-refractivity contribution < 1.29 is 14.9 Å². The zero-order valence-electron chi connectivity index (χ0n) is 13.8. The highest BCUT2D eigenvalue weighted by molar-refractivity contribution is 8.14. The summed E-state index contributed by atoms with van der Waals surface area (Å²) in [6.45, 7) is 5.81. The van der Waals surface area contributed by atoms with Gasteiger partial charge in [0.05, 0.1) is 23.0 Å². The van der Waals surface area contributed by atoms with Crippen molar-refractivity contribution in [2.75, 3.05) is 7.11 Å². The second kappa shape index (κ2) is 5.94. The van der Waals surface area contributed by atoms with Gasteiger partial charge in [-0.15, -0.1) is 0 Å². The Morgan fingerprint density at radius 1 is 1.38 bits per heavy atom. The summed E-state index contributed by atoms with van der Waals surface area (Å²) in [5.41, 5.74) is 0.986. The van der Waals surface area contributed by atoms with Gasteiger partial charge in [0.1, 0.15) is 0 Å². The van der Waals surface area contributed by atoms with Gasteiger partial charge in [-0.3, -0.25) is 14.6 Å². The molecule has 24 heavy (non-hydrogen) atoms. The van der Waals surface area contributed by atoms with E-state index >= 15 is 0 Å². The first kappa shape index (κ1) is 16.5. The van der Waals surface area contributed by atoms with Gasteiger partial charge in [-0.1, -0.05) is 11.8 Å². The van der Waals surface area contributed by atoms with E-state index < -0.39 is 0 Å². The molecule has 1 atom stereocenters. The SMILES string of the molecule is COc1cc(C2SC(C)=Nc3c2c(=O)[nH]n3C(C)C)cc(O)c1O. The first-order valence-corrected chi connectivity index (χ1v) is 8.37. The van der Waals surface area contributed by atoms with E-state index in [0.29, 0.717) is 16.9 Å². The number of H-pyrrole nitrogens is 1. The summed E-state index contributed by atoms with van der Waals surface area (Å²) in [4.78, 5) is 17.0. The molecule has 0 amide bonds. The van der Waals surface area contributed by atoms with Crippen LogP contribution in [-0.4, -0.2) is 32.1 Å². The molecule has 1 aromatic carbocycles. The molecule has 1 unspecified atom stereocenters. The highest BCUT2D eigenvalue weighted by Gasteiger charge is 2.31. The van der Waals surface area contributed by atoms with E-state index in [4.69, 9.17) is 4.74 Å². The van der Waals surface area contributed by atoms with Gasteiger partial charge in [-0.2, -0.15) is 0 Å². The van der Waals surface area contributed by atoms with Crippen LogP contribution in [0.1, 0.15) is 43.2 Å². The summed E-state index contributed by atoms with van der Waals surface area (Å²) in [5, 5.41) is 23.1. The van der Waals surface area contributed by atoms with Gasteiger partial charge in [0.2, 0.25) is 5.75 Å². The molecule has 3 rings (SSSR count). The molecule has 1 aliphatic heterocycles. The monoisotopic (exact) mass is 349 g/mol. The van der Waals surface area contributed by atoms with Crippen molar-refractivity contribution in [3.05, 3.63) is 33.6 Å². The fraction of sp³-hybridized carbons (Fsp3) is 0.375. The number of hydrogen-bond acceptors (Lipinski definition) is 6. The van der Waals surface area contributed by atoms with E-state index in [1.807, 2.05) is 20.8 Å². The minimum atomic E-state index is -0.346. The molecule has 0 spiro atoms. The molecular weight excluding hydrogens is 330 g/mol.